The molecule has 1 aliphatic rings. The normalized spacial score (nSPS) is 17.5. The van der Waals surface area contributed by atoms with E-state index in [2.05, 4.69) is 0 Å². The lowest BCUT2D eigenvalue weighted by Gasteiger charge is -2.26. The molecule has 0 aromatic heterocycles. The van der Waals surface area contributed by atoms with Crippen molar-refractivity contribution in [1.82, 2.24) is 4.31 Å². The van der Waals surface area contributed by atoms with E-state index in [1.807, 2.05) is 37.3 Å². The zero-order chi connectivity index (χ0) is 21.3. The minimum atomic E-state index is -3.81. The number of alkyl halides is 1. The molecule has 0 aliphatic carbocycles. The largest absolute Gasteiger partial charge is 0.244 e. The average molecular weight is 442 g/mol. The molecule has 0 N–H and O–H groups in total. The number of nitrogens with zero attached hydrogens (tertiary/aromatic N) is 1. The molecule has 3 nitrogen and oxygen atoms in total. The van der Waals surface area contributed by atoms with Gasteiger partial charge < -0.3 is 0 Å². The lowest BCUT2D eigenvalue weighted by molar-refractivity contribution is 0.411. The fourth-order valence-electron chi connectivity index (χ4n) is 3.84. The van der Waals surface area contributed by atoms with Crippen molar-refractivity contribution in [3.8, 4) is 0 Å². The van der Waals surface area contributed by atoms with Crippen LogP contribution in [0.4, 0.5) is 4.39 Å². The second kappa shape index (κ2) is 8.34. The molecule has 30 heavy (non-hydrogen) atoms. The van der Waals surface area contributed by atoms with Crippen molar-refractivity contribution in [2.75, 3.05) is 12.4 Å². The van der Waals surface area contributed by atoms with E-state index in [-0.39, 0.29) is 23.1 Å². The average Bonchev–Trinajstić information content (AvgIpc) is 3.16. The zero-order valence-corrected chi connectivity index (χ0v) is 18.0. The third-order valence-corrected chi connectivity index (χ3v) is 7.51. The summed E-state index contributed by atoms with van der Waals surface area (Å²) in [5.74, 6) is -0.198. The van der Waals surface area contributed by atoms with Gasteiger partial charge in [-0.3, -0.25) is 0 Å². The van der Waals surface area contributed by atoms with Crippen LogP contribution in [-0.4, -0.2) is 25.1 Å². The van der Waals surface area contributed by atoms with Gasteiger partial charge in [0.05, 0.1) is 10.9 Å². The van der Waals surface area contributed by atoms with Crippen LogP contribution in [0.5, 0.6) is 0 Å². The van der Waals surface area contributed by atoms with Gasteiger partial charge >= 0.3 is 0 Å². The van der Waals surface area contributed by atoms with Crippen LogP contribution in [0.1, 0.15) is 22.7 Å². The zero-order valence-electron chi connectivity index (χ0n) is 16.4. The van der Waals surface area contributed by atoms with Crippen LogP contribution >= 0.6 is 11.6 Å². The fraction of sp³-hybridized carbons (Fsp3) is 0.167. The predicted molar refractivity (Wildman–Crippen MR) is 118 cm³/mol. The van der Waals surface area contributed by atoms with E-state index < -0.39 is 16.1 Å². The Morgan fingerprint density at radius 2 is 1.60 bits per heavy atom. The first-order valence-electron chi connectivity index (χ1n) is 9.59. The molecule has 0 spiro atoms. The number of hydrogen-bond acceptors (Lipinski definition) is 2. The monoisotopic (exact) mass is 441 g/mol. The van der Waals surface area contributed by atoms with Gasteiger partial charge in [0.15, 0.2) is 0 Å². The highest BCUT2D eigenvalue weighted by Crippen LogP contribution is 2.44. The van der Waals surface area contributed by atoms with Gasteiger partial charge in [0.1, 0.15) is 5.82 Å². The van der Waals surface area contributed by atoms with E-state index in [4.69, 9.17) is 11.6 Å². The van der Waals surface area contributed by atoms with Crippen LogP contribution in [0.15, 0.2) is 89.3 Å². The molecule has 0 saturated carbocycles. The summed E-state index contributed by atoms with van der Waals surface area (Å²) >= 11 is 6.36. The van der Waals surface area contributed by atoms with Crippen LogP contribution in [0.25, 0.3) is 5.57 Å². The van der Waals surface area contributed by atoms with Gasteiger partial charge in [0.2, 0.25) is 10.0 Å². The Bertz CT molecular complexity index is 1170. The molecule has 0 amide bonds. The summed E-state index contributed by atoms with van der Waals surface area (Å²) in [4.78, 5) is 0.225. The van der Waals surface area contributed by atoms with Crippen molar-refractivity contribution in [1.29, 1.82) is 0 Å². The molecule has 1 unspecified atom stereocenters. The minimum absolute atomic E-state index is 0.173. The van der Waals surface area contributed by atoms with Crippen molar-refractivity contribution in [2.45, 2.75) is 17.9 Å². The molecule has 0 fully saturated rings. The van der Waals surface area contributed by atoms with Crippen molar-refractivity contribution >= 4 is 27.2 Å². The Morgan fingerprint density at radius 1 is 0.967 bits per heavy atom. The number of hydrogen-bond donors (Lipinski definition) is 0. The Kier molecular flexibility index (Phi) is 5.78. The minimum Gasteiger partial charge on any atom is -0.207 e. The molecule has 3 aromatic rings. The molecule has 1 atom stereocenters. The second-order valence-corrected chi connectivity index (χ2v) is 9.48. The summed E-state index contributed by atoms with van der Waals surface area (Å²) < 4.78 is 42.3. The van der Waals surface area contributed by atoms with Gasteiger partial charge in [0.25, 0.3) is 0 Å². The molecule has 1 aliphatic heterocycles. The van der Waals surface area contributed by atoms with Crippen molar-refractivity contribution in [3.63, 3.8) is 0 Å². The van der Waals surface area contributed by atoms with E-state index in [0.29, 0.717) is 5.56 Å². The van der Waals surface area contributed by atoms with Gasteiger partial charge in [-0.15, -0.1) is 11.6 Å². The smallest absolute Gasteiger partial charge is 0.207 e. The van der Waals surface area contributed by atoms with E-state index in [9.17, 15) is 12.8 Å². The first kappa shape index (κ1) is 20.8. The topological polar surface area (TPSA) is 37.4 Å². The van der Waals surface area contributed by atoms with Crippen LogP contribution in [0.3, 0.4) is 0 Å². The highest BCUT2D eigenvalue weighted by Gasteiger charge is 2.41. The highest BCUT2D eigenvalue weighted by atomic mass is 35.5. The molecular weight excluding hydrogens is 421 g/mol. The SMILES string of the molecule is Cc1ccc(S(=O)(=O)N2CC(c3ccccc3)=C(CCl)C2c2ccc(F)cc2)cc1. The summed E-state index contributed by atoms with van der Waals surface area (Å²) in [6.07, 6.45) is 0. The van der Waals surface area contributed by atoms with E-state index in [0.717, 1.165) is 22.3 Å². The second-order valence-electron chi connectivity index (χ2n) is 7.32. The van der Waals surface area contributed by atoms with Crippen LogP contribution < -0.4 is 0 Å². The molecule has 0 bridgehead atoms. The Morgan fingerprint density at radius 3 is 2.20 bits per heavy atom. The quantitative estimate of drug-likeness (QED) is 0.485. The first-order valence-corrected chi connectivity index (χ1v) is 11.6. The van der Waals surface area contributed by atoms with Crippen LogP contribution in [0, 0.1) is 12.7 Å². The fourth-order valence-corrected chi connectivity index (χ4v) is 5.72. The maximum absolute atomic E-state index is 13.6. The summed E-state index contributed by atoms with van der Waals surface area (Å²) in [6.45, 7) is 2.11. The third kappa shape index (κ3) is 3.81. The lowest BCUT2D eigenvalue weighted by atomic mass is 9.96. The molecule has 0 saturated heterocycles. The van der Waals surface area contributed by atoms with Crippen molar-refractivity contribution < 1.29 is 12.8 Å². The number of benzene rings is 3. The van der Waals surface area contributed by atoms with Crippen molar-refractivity contribution in [2.24, 2.45) is 0 Å². The molecule has 154 valence electrons. The highest BCUT2D eigenvalue weighted by molar-refractivity contribution is 7.89. The first-order chi connectivity index (χ1) is 14.4. The number of rotatable bonds is 5. The van der Waals surface area contributed by atoms with Crippen molar-refractivity contribution in [3.05, 3.63) is 107 Å². The van der Waals surface area contributed by atoms with Gasteiger partial charge in [-0.05, 0) is 53.5 Å². The number of aryl methyl sites for hydroxylation is 1. The van der Waals surface area contributed by atoms with Crippen LogP contribution in [-0.2, 0) is 10.0 Å². The Hall–Kier alpha value is -2.47. The van der Waals surface area contributed by atoms with Gasteiger partial charge in [-0.1, -0.05) is 60.2 Å². The van der Waals surface area contributed by atoms with E-state index in [1.165, 1.54) is 16.4 Å². The van der Waals surface area contributed by atoms with E-state index in [1.54, 1.807) is 36.4 Å². The van der Waals surface area contributed by atoms with Gasteiger partial charge in [0, 0.05) is 12.4 Å². The number of sulfonamides is 1. The summed E-state index contributed by atoms with van der Waals surface area (Å²) in [5, 5.41) is 0. The maximum Gasteiger partial charge on any atom is 0.244 e. The molecular formula is C24H21ClFNO2S. The Balaban J connectivity index is 1.87. The standard InChI is InChI=1S/C24H21ClFNO2S/c1-17-7-13-21(14-8-17)30(28,29)27-16-23(18-5-3-2-4-6-18)22(15-25)24(27)19-9-11-20(26)12-10-19/h2-14,24H,15-16H2,1H3. The summed E-state index contributed by atoms with van der Waals surface area (Å²) in [7, 11) is -3.81. The number of halogens is 2. The van der Waals surface area contributed by atoms with E-state index >= 15 is 0 Å². The summed E-state index contributed by atoms with van der Waals surface area (Å²) in [6, 6.07) is 21.8. The van der Waals surface area contributed by atoms with Gasteiger partial charge in [-0.25, -0.2) is 12.8 Å². The summed E-state index contributed by atoms with van der Waals surface area (Å²) in [5.41, 5.74) is 4.30. The van der Waals surface area contributed by atoms with Gasteiger partial charge in [-0.2, -0.15) is 4.31 Å². The molecule has 4 rings (SSSR count). The lowest BCUT2D eigenvalue weighted by Crippen LogP contribution is -2.32. The predicted octanol–water partition coefficient (Wildman–Crippen LogP) is 5.57. The maximum atomic E-state index is 13.6. The molecule has 6 heteroatoms. The molecule has 0 radical (unpaired) electrons. The Labute approximate surface area is 181 Å². The third-order valence-electron chi connectivity index (χ3n) is 5.40. The molecule has 1 heterocycles. The van der Waals surface area contributed by atoms with Crippen LogP contribution in [0.2, 0.25) is 0 Å². The molecule has 3 aromatic carbocycles.